The van der Waals surface area contributed by atoms with Gasteiger partial charge >= 0.3 is 0 Å². The fourth-order valence-electron chi connectivity index (χ4n) is 1.74. The second-order valence-electron chi connectivity index (χ2n) is 4.09. The topological polar surface area (TPSA) is 35.2 Å². The van der Waals surface area contributed by atoms with Gasteiger partial charge in [-0.2, -0.15) is 0 Å². The molecular weight excluding hydrogens is 261 g/mol. The number of hydrogen-bond donors (Lipinski definition) is 1. The molecule has 0 fully saturated rings. The van der Waals surface area contributed by atoms with Crippen LogP contribution in [0.5, 0.6) is 5.75 Å². The van der Waals surface area contributed by atoms with E-state index in [9.17, 15) is 4.39 Å². The molecule has 0 aliphatic heterocycles. The van der Waals surface area contributed by atoms with Crippen LogP contribution in [0.4, 0.5) is 4.39 Å². The molecule has 2 rings (SSSR count). The van der Waals surface area contributed by atoms with E-state index in [1.165, 1.54) is 12.1 Å². The Bertz CT molecular complexity index is 542. The van der Waals surface area contributed by atoms with Crippen LogP contribution in [0.25, 0.3) is 0 Å². The molecule has 2 aromatic rings. The van der Waals surface area contributed by atoms with Gasteiger partial charge in [-0.3, -0.25) is 0 Å². The van der Waals surface area contributed by atoms with E-state index >= 15 is 0 Å². The summed E-state index contributed by atoms with van der Waals surface area (Å²) in [6, 6.07) is 12.5. The summed E-state index contributed by atoms with van der Waals surface area (Å²) in [5, 5.41) is 0. The van der Waals surface area contributed by atoms with Crippen LogP contribution in [-0.4, -0.2) is 7.11 Å². The van der Waals surface area contributed by atoms with Crippen molar-refractivity contribution in [2.75, 3.05) is 7.11 Å². The summed E-state index contributed by atoms with van der Waals surface area (Å²) in [6.07, 6.45) is 0. The molecule has 0 spiro atoms. The zero-order valence-electron chi connectivity index (χ0n) is 10.7. The van der Waals surface area contributed by atoms with Crippen LogP contribution in [0.2, 0.25) is 0 Å². The number of nitrogens with two attached hydrogens (primary N) is 1. The van der Waals surface area contributed by atoms with Gasteiger partial charge in [0.1, 0.15) is 11.6 Å². The minimum Gasteiger partial charge on any atom is -0.496 e. The fraction of sp³-hybridized carbons (Fsp3) is 0.200. The van der Waals surface area contributed by atoms with Gasteiger partial charge < -0.3 is 10.5 Å². The third-order valence-electron chi connectivity index (χ3n) is 2.79. The molecule has 0 saturated heterocycles. The van der Waals surface area contributed by atoms with Crippen molar-refractivity contribution in [3.8, 4) is 5.75 Å². The third kappa shape index (κ3) is 3.72. The summed E-state index contributed by atoms with van der Waals surface area (Å²) in [5.41, 5.74) is 7.79. The van der Waals surface area contributed by atoms with Crippen molar-refractivity contribution in [3.63, 3.8) is 0 Å². The molecule has 0 aliphatic rings. The predicted octanol–water partition coefficient (Wildman–Crippen LogP) is 3.59. The highest BCUT2D eigenvalue weighted by Crippen LogP contribution is 2.26. The molecule has 2 N–H and O–H groups in total. The van der Waals surface area contributed by atoms with E-state index in [2.05, 4.69) is 0 Å². The standard InChI is InChI=1S/C15H16FNOS/c1-18-15-8-11(2-3-12(15)9-17)10-19-14-6-4-13(16)5-7-14/h2-8H,9-10,17H2,1H3. The van der Waals surface area contributed by atoms with Gasteiger partial charge in [-0.1, -0.05) is 12.1 Å². The summed E-state index contributed by atoms with van der Waals surface area (Å²) < 4.78 is 18.1. The van der Waals surface area contributed by atoms with Gasteiger partial charge in [-0.15, -0.1) is 11.8 Å². The number of benzene rings is 2. The van der Waals surface area contributed by atoms with Gasteiger partial charge in [0.05, 0.1) is 7.11 Å². The van der Waals surface area contributed by atoms with Crippen LogP contribution in [-0.2, 0) is 12.3 Å². The Balaban J connectivity index is 2.05. The molecule has 0 aromatic heterocycles. The van der Waals surface area contributed by atoms with Crippen molar-refractivity contribution in [1.82, 2.24) is 0 Å². The van der Waals surface area contributed by atoms with Crippen LogP contribution >= 0.6 is 11.8 Å². The lowest BCUT2D eigenvalue weighted by Crippen LogP contribution is -2.00. The Morgan fingerprint density at radius 2 is 1.89 bits per heavy atom. The highest BCUT2D eigenvalue weighted by molar-refractivity contribution is 7.98. The molecule has 2 nitrogen and oxygen atoms in total. The molecule has 0 bridgehead atoms. The highest BCUT2D eigenvalue weighted by Gasteiger charge is 2.03. The smallest absolute Gasteiger partial charge is 0.123 e. The molecule has 0 radical (unpaired) electrons. The Hall–Kier alpha value is -1.52. The van der Waals surface area contributed by atoms with Crippen molar-refractivity contribution in [2.24, 2.45) is 5.73 Å². The first-order chi connectivity index (χ1) is 9.22. The van der Waals surface area contributed by atoms with Crippen LogP contribution in [0.1, 0.15) is 11.1 Å². The molecule has 0 atom stereocenters. The van der Waals surface area contributed by atoms with E-state index in [-0.39, 0.29) is 5.82 Å². The van der Waals surface area contributed by atoms with E-state index < -0.39 is 0 Å². The molecule has 0 heterocycles. The lowest BCUT2D eigenvalue weighted by Gasteiger charge is -2.09. The third-order valence-corrected chi connectivity index (χ3v) is 3.87. The van der Waals surface area contributed by atoms with Crippen molar-refractivity contribution < 1.29 is 9.13 Å². The maximum Gasteiger partial charge on any atom is 0.123 e. The highest BCUT2D eigenvalue weighted by atomic mass is 32.2. The van der Waals surface area contributed by atoms with E-state index in [4.69, 9.17) is 10.5 Å². The largest absolute Gasteiger partial charge is 0.496 e. The average molecular weight is 277 g/mol. The van der Waals surface area contributed by atoms with Crippen molar-refractivity contribution in [3.05, 3.63) is 59.4 Å². The fourth-order valence-corrected chi connectivity index (χ4v) is 2.59. The zero-order chi connectivity index (χ0) is 13.7. The van der Waals surface area contributed by atoms with Gasteiger partial charge in [0.25, 0.3) is 0 Å². The molecule has 100 valence electrons. The Labute approximate surface area is 116 Å². The van der Waals surface area contributed by atoms with Crippen LogP contribution < -0.4 is 10.5 Å². The molecule has 0 unspecified atom stereocenters. The number of halogens is 1. The van der Waals surface area contributed by atoms with E-state index in [1.54, 1.807) is 31.0 Å². The first-order valence-electron chi connectivity index (χ1n) is 5.97. The molecule has 19 heavy (non-hydrogen) atoms. The number of ether oxygens (including phenoxy) is 1. The lowest BCUT2D eigenvalue weighted by molar-refractivity contribution is 0.409. The number of rotatable bonds is 5. The summed E-state index contributed by atoms with van der Waals surface area (Å²) in [7, 11) is 1.64. The second kappa shape index (κ2) is 6.59. The van der Waals surface area contributed by atoms with E-state index in [1.807, 2.05) is 18.2 Å². The SMILES string of the molecule is COc1cc(CSc2ccc(F)cc2)ccc1CN. The van der Waals surface area contributed by atoms with Gasteiger partial charge in [0, 0.05) is 22.8 Å². The summed E-state index contributed by atoms with van der Waals surface area (Å²) in [4.78, 5) is 1.04. The van der Waals surface area contributed by atoms with Gasteiger partial charge in [-0.25, -0.2) is 4.39 Å². The number of thioether (sulfide) groups is 1. The molecule has 0 aliphatic carbocycles. The molecule has 0 saturated carbocycles. The Morgan fingerprint density at radius 1 is 1.16 bits per heavy atom. The zero-order valence-corrected chi connectivity index (χ0v) is 11.5. The second-order valence-corrected chi connectivity index (χ2v) is 5.14. The molecule has 2 aromatic carbocycles. The van der Waals surface area contributed by atoms with Crippen LogP contribution in [0, 0.1) is 5.82 Å². The van der Waals surface area contributed by atoms with Crippen molar-refractivity contribution in [1.29, 1.82) is 0 Å². The normalized spacial score (nSPS) is 10.5. The molecule has 0 amide bonds. The molecular formula is C15H16FNOS. The average Bonchev–Trinajstić information content (AvgIpc) is 2.46. The van der Waals surface area contributed by atoms with Crippen LogP contribution in [0.3, 0.4) is 0 Å². The minimum absolute atomic E-state index is 0.210. The van der Waals surface area contributed by atoms with Crippen molar-refractivity contribution in [2.45, 2.75) is 17.2 Å². The van der Waals surface area contributed by atoms with Gasteiger partial charge in [0.15, 0.2) is 0 Å². The quantitative estimate of drug-likeness (QED) is 0.848. The predicted molar refractivity (Wildman–Crippen MR) is 76.8 cm³/mol. The number of methoxy groups -OCH3 is 1. The minimum atomic E-state index is -0.210. The van der Waals surface area contributed by atoms with Crippen molar-refractivity contribution >= 4 is 11.8 Å². The Kier molecular flexibility index (Phi) is 4.82. The van der Waals surface area contributed by atoms with Crippen LogP contribution in [0.15, 0.2) is 47.4 Å². The first kappa shape index (κ1) is 13.9. The summed E-state index contributed by atoms with van der Waals surface area (Å²) >= 11 is 1.66. The maximum atomic E-state index is 12.8. The Morgan fingerprint density at radius 3 is 2.53 bits per heavy atom. The van der Waals surface area contributed by atoms with Gasteiger partial charge in [-0.05, 0) is 35.9 Å². The van der Waals surface area contributed by atoms with Gasteiger partial charge in [0.2, 0.25) is 0 Å². The number of hydrogen-bond acceptors (Lipinski definition) is 3. The summed E-state index contributed by atoms with van der Waals surface area (Å²) in [6.45, 7) is 0.467. The molecule has 4 heteroatoms. The first-order valence-corrected chi connectivity index (χ1v) is 6.95. The lowest BCUT2D eigenvalue weighted by atomic mass is 10.1. The summed E-state index contributed by atoms with van der Waals surface area (Å²) in [5.74, 6) is 1.42. The maximum absolute atomic E-state index is 12.8. The monoisotopic (exact) mass is 277 g/mol. The van der Waals surface area contributed by atoms with E-state index in [0.717, 1.165) is 27.5 Å². The van der Waals surface area contributed by atoms with E-state index in [0.29, 0.717) is 6.54 Å².